The lowest BCUT2D eigenvalue weighted by atomic mass is 10.00. The third-order valence-electron chi connectivity index (χ3n) is 5.89. The van der Waals surface area contributed by atoms with Gasteiger partial charge in [0.25, 0.3) is 5.91 Å². The first-order valence-corrected chi connectivity index (χ1v) is 11.8. The fourth-order valence-corrected chi connectivity index (χ4v) is 4.20. The van der Waals surface area contributed by atoms with E-state index >= 15 is 0 Å². The lowest BCUT2D eigenvalue weighted by Gasteiger charge is -2.24. The van der Waals surface area contributed by atoms with Crippen LogP contribution in [0, 0.1) is 0 Å². The Morgan fingerprint density at radius 1 is 1.11 bits per heavy atom. The summed E-state index contributed by atoms with van der Waals surface area (Å²) >= 11 is 5.00. The number of anilines is 1. The topological polar surface area (TPSA) is 109 Å². The molecular weight excluding hydrogens is 474 g/mol. The van der Waals surface area contributed by atoms with E-state index in [0.717, 1.165) is 16.7 Å². The highest BCUT2D eigenvalue weighted by molar-refractivity contribution is 7.80. The second kappa shape index (κ2) is 11.0. The maximum Gasteiger partial charge on any atom is 0.272 e. The fourth-order valence-electron chi connectivity index (χ4n) is 4.06. The van der Waals surface area contributed by atoms with Crippen molar-refractivity contribution in [2.75, 3.05) is 19.1 Å². The molecule has 8 nitrogen and oxygen atoms in total. The molecule has 3 aromatic carbocycles. The van der Waals surface area contributed by atoms with Crippen molar-refractivity contribution in [3.8, 4) is 5.75 Å². The van der Waals surface area contributed by atoms with E-state index in [2.05, 4.69) is 10.6 Å². The van der Waals surface area contributed by atoms with E-state index in [1.165, 1.54) is 4.90 Å². The minimum Gasteiger partial charge on any atom is -0.497 e. The summed E-state index contributed by atoms with van der Waals surface area (Å²) in [5.74, 6) is -0.234. The van der Waals surface area contributed by atoms with Crippen molar-refractivity contribution in [2.45, 2.75) is 18.6 Å². The molecule has 2 amide bonds. The highest BCUT2D eigenvalue weighted by atomic mass is 32.1. The van der Waals surface area contributed by atoms with Crippen LogP contribution in [0.3, 0.4) is 0 Å². The molecule has 0 aliphatic carbocycles. The molecule has 0 aromatic heterocycles. The van der Waals surface area contributed by atoms with Crippen LogP contribution in [0.1, 0.15) is 16.7 Å². The number of thiocarbonyl (C=S) groups is 1. The summed E-state index contributed by atoms with van der Waals surface area (Å²) in [4.78, 5) is 33.1. The third-order valence-corrected chi connectivity index (χ3v) is 6.00. The van der Waals surface area contributed by atoms with Crippen LogP contribution in [0.2, 0.25) is 0 Å². The molecule has 2 atom stereocenters. The Hall–Kier alpha value is -4.24. The zero-order valence-corrected chi connectivity index (χ0v) is 20.8. The van der Waals surface area contributed by atoms with Crippen molar-refractivity contribution < 1.29 is 14.3 Å². The number of benzodiazepines with no additional fused rings is 1. The van der Waals surface area contributed by atoms with Gasteiger partial charge in [-0.05, 0) is 29.9 Å². The fraction of sp³-hybridized carbons (Fsp3) is 0.185. The van der Waals surface area contributed by atoms with E-state index in [-0.39, 0.29) is 5.11 Å². The molecule has 0 bridgehead atoms. The molecule has 1 aliphatic heterocycles. The van der Waals surface area contributed by atoms with Gasteiger partial charge in [-0.3, -0.25) is 9.59 Å². The van der Waals surface area contributed by atoms with Gasteiger partial charge in [0.1, 0.15) is 11.8 Å². The Kier molecular flexibility index (Phi) is 7.60. The Morgan fingerprint density at radius 2 is 1.78 bits per heavy atom. The Bertz CT molecular complexity index is 1300. The summed E-state index contributed by atoms with van der Waals surface area (Å²) in [5.41, 5.74) is 9.38. The van der Waals surface area contributed by atoms with Gasteiger partial charge in [0, 0.05) is 30.7 Å². The quantitative estimate of drug-likeness (QED) is 0.429. The SMILES string of the molecule is COc1ccc2c(c1)N(C)C(=O)C(NC(=O)C(Cc1ccccc1)NC(N)=S)N=C2c1ccccc1. The second-order valence-electron chi connectivity index (χ2n) is 8.29. The summed E-state index contributed by atoms with van der Waals surface area (Å²) in [5, 5.41) is 5.63. The average Bonchev–Trinajstić information content (AvgIpc) is 2.99. The molecule has 2 unspecified atom stereocenters. The minimum atomic E-state index is -1.16. The zero-order valence-electron chi connectivity index (χ0n) is 20.0. The number of carbonyl (C=O) groups excluding carboxylic acids is 2. The predicted molar refractivity (Wildman–Crippen MR) is 144 cm³/mol. The van der Waals surface area contributed by atoms with Crippen LogP contribution in [0.15, 0.2) is 83.9 Å². The minimum absolute atomic E-state index is 0.0108. The molecule has 4 rings (SSSR count). The van der Waals surface area contributed by atoms with Gasteiger partial charge in [-0.15, -0.1) is 0 Å². The van der Waals surface area contributed by atoms with Crippen LogP contribution < -0.4 is 26.0 Å². The van der Waals surface area contributed by atoms with Crippen LogP contribution in [0.4, 0.5) is 5.69 Å². The smallest absolute Gasteiger partial charge is 0.272 e. The third kappa shape index (κ3) is 5.52. The monoisotopic (exact) mass is 501 g/mol. The van der Waals surface area contributed by atoms with E-state index in [1.54, 1.807) is 20.2 Å². The number of carbonyl (C=O) groups is 2. The number of rotatable bonds is 7. The summed E-state index contributed by atoms with van der Waals surface area (Å²) in [7, 11) is 3.22. The van der Waals surface area contributed by atoms with Crippen LogP contribution in [-0.2, 0) is 16.0 Å². The van der Waals surface area contributed by atoms with Gasteiger partial charge in [-0.1, -0.05) is 60.7 Å². The summed E-state index contributed by atoms with van der Waals surface area (Å²) < 4.78 is 5.38. The largest absolute Gasteiger partial charge is 0.497 e. The number of likely N-dealkylation sites (N-methyl/N-ethyl adjacent to an activating group) is 1. The average molecular weight is 502 g/mol. The molecule has 0 spiro atoms. The molecule has 1 heterocycles. The predicted octanol–water partition coefficient (Wildman–Crippen LogP) is 2.40. The number of nitrogens with zero attached hydrogens (tertiary/aromatic N) is 2. The molecular formula is C27H27N5O3S. The van der Waals surface area contributed by atoms with Crippen molar-refractivity contribution in [1.29, 1.82) is 0 Å². The van der Waals surface area contributed by atoms with E-state index in [9.17, 15) is 9.59 Å². The zero-order chi connectivity index (χ0) is 25.7. The van der Waals surface area contributed by atoms with E-state index < -0.39 is 24.0 Å². The van der Waals surface area contributed by atoms with Gasteiger partial charge in [0.15, 0.2) is 5.11 Å². The second-order valence-corrected chi connectivity index (χ2v) is 8.73. The van der Waals surface area contributed by atoms with E-state index in [1.807, 2.05) is 72.8 Å². The first-order valence-electron chi connectivity index (χ1n) is 11.4. The molecule has 0 fully saturated rings. The van der Waals surface area contributed by atoms with Gasteiger partial charge < -0.3 is 26.0 Å². The lowest BCUT2D eigenvalue weighted by molar-refractivity contribution is -0.128. The summed E-state index contributed by atoms with van der Waals surface area (Å²) in [6.45, 7) is 0. The number of hydrogen-bond donors (Lipinski definition) is 3. The highest BCUT2D eigenvalue weighted by Gasteiger charge is 2.33. The highest BCUT2D eigenvalue weighted by Crippen LogP contribution is 2.31. The maximum absolute atomic E-state index is 13.5. The molecule has 9 heteroatoms. The first kappa shape index (κ1) is 24.9. The van der Waals surface area contributed by atoms with Crippen molar-refractivity contribution in [3.05, 3.63) is 95.6 Å². The first-order chi connectivity index (χ1) is 17.4. The van der Waals surface area contributed by atoms with Crippen LogP contribution in [-0.4, -0.2) is 49.0 Å². The van der Waals surface area contributed by atoms with Gasteiger partial charge in [0.05, 0.1) is 18.5 Å². The van der Waals surface area contributed by atoms with Crippen molar-refractivity contribution >= 4 is 40.5 Å². The van der Waals surface area contributed by atoms with Crippen molar-refractivity contribution in [3.63, 3.8) is 0 Å². The molecule has 36 heavy (non-hydrogen) atoms. The van der Waals surface area contributed by atoms with Crippen LogP contribution in [0.25, 0.3) is 0 Å². The number of amides is 2. The van der Waals surface area contributed by atoms with Gasteiger partial charge >= 0.3 is 0 Å². The Labute approximate surface area is 215 Å². The van der Waals surface area contributed by atoms with Gasteiger partial charge in [0.2, 0.25) is 12.1 Å². The molecule has 3 aromatic rings. The van der Waals surface area contributed by atoms with Crippen molar-refractivity contribution in [2.24, 2.45) is 10.7 Å². The normalized spacial score (nSPS) is 15.7. The molecule has 0 saturated carbocycles. The van der Waals surface area contributed by atoms with E-state index in [4.69, 9.17) is 27.7 Å². The van der Waals surface area contributed by atoms with Gasteiger partial charge in [-0.2, -0.15) is 0 Å². The number of fused-ring (bicyclic) bond motifs is 1. The molecule has 0 radical (unpaired) electrons. The number of aliphatic imine (C=N–C) groups is 1. The number of methoxy groups -OCH3 is 1. The van der Waals surface area contributed by atoms with Crippen molar-refractivity contribution in [1.82, 2.24) is 10.6 Å². The summed E-state index contributed by atoms with van der Waals surface area (Å²) in [6, 6.07) is 23.7. The Balaban J connectivity index is 1.71. The molecule has 184 valence electrons. The lowest BCUT2D eigenvalue weighted by Crippen LogP contribution is -2.54. The van der Waals surface area contributed by atoms with Gasteiger partial charge in [-0.25, -0.2) is 4.99 Å². The maximum atomic E-state index is 13.5. The number of hydrogen-bond acceptors (Lipinski definition) is 5. The van der Waals surface area contributed by atoms with Crippen LogP contribution in [0.5, 0.6) is 5.75 Å². The Morgan fingerprint density at radius 3 is 2.42 bits per heavy atom. The number of nitrogens with one attached hydrogen (secondary N) is 2. The molecule has 0 saturated heterocycles. The molecule has 4 N–H and O–H groups in total. The molecule has 1 aliphatic rings. The summed E-state index contributed by atoms with van der Waals surface area (Å²) in [6.07, 6.45) is -0.838. The standard InChI is InChI=1S/C27H27N5O3S/c1-32-22-16-19(35-2)13-14-20(22)23(18-11-7-4-8-12-18)30-24(26(32)34)31-25(33)21(29-27(28)36)15-17-9-5-3-6-10-17/h3-14,16,21,24H,15H2,1-2H3,(H,31,33)(H3,28,29,36). The number of ether oxygens (including phenoxy) is 1. The number of benzene rings is 3. The number of nitrogens with two attached hydrogens (primary N) is 1. The van der Waals surface area contributed by atoms with Crippen LogP contribution >= 0.6 is 12.2 Å². The van der Waals surface area contributed by atoms with E-state index in [0.29, 0.717) is 23.6 Å².